The Balaban J connectivity index is 2.85. The van der Waals surface area contributed by atoms with Crippen LogP contribution in [0.5, 0.6) is 0 Å². The maximum absolute atomic E-state index is 8.93. The summed E-state index contributed by atoms with van der Waals surface area (Å²) in [6, 6.07) is 0. The highest BCUT2D eigenvalue weighted by Gasteiger charge is 1.77. The second-order valence-electron chi connectivity index (χ2n) is 0.329. The van der Waals surface area contributed by atoms with Gasteiger partial charge in [0.25, 0.3) is 5.09 Å². The summed E-state index contributed by atoms with van der Waals surface area (Å²) in [4.78, 5) is 8.93. The molecule has 0 fully saturated rings. The van der Waals surface area contributed by atoms with Crippen molar-refractivity contribution in [2.24, 2.45) is 0 Å². The van der Waals surface area contributed by atoms with E-state index in [0.717, 1.165) is 0 Å². The van der Waals surface area contributed by atoms with Crippen molar-refractivity contribution in [3.63, 3.8) is 0 Å². The molecule has 0 aliphatic rings. The summed E-state index contributed by atoms with van der Waals surface area (Å²) in [5.74, 6) is 0. The van der Waals surface area contributed by atoms with E-state index in [4.69, 9.17) is 10.1 Å². The second kappa shape index (κ2) is 1.91. The van der Waals surface area contributed by atoms with E-state index in [1.54, 1.807) is 0 Å². The van der Waals surface area contributed by atoms with Crippen LogP contribution in [0.2, 0.25) is 0 Å². The van der Waals surface area contributed by atoms with Crippen LogP contribution in [0.3, 0.4) is 0 Å². The van der Waals surface area contributed by atoms with Gasteiger partial charge in [0.15, 0.2) is 0 Å². The standard InChI is InChI=1S/H2NO3P/c2-1(3)4-5/h5H2. The molecule has 30 valence electrons. The van der Waals surface area contributed by atoms with Gasteiger partial charge in [0.05, 0.1) is 9.47 Å². The van der Waals surface area contributed by atoms with E-state index in [1.165, 1.54) is 9.47 Å². The van der Waals surface area contributed by atoms with Crippen molar-refractivity contribution in [2.45, 2.75) is 0 Å². The van der Waals surface area contributed by atoms with Crippen LogP contribution in [0.1, 0.15) is 0 Å². The molecule has 5 heavy (non-hydrogen) atoms. The van der Waals surface area contributed by atoms with Crippen LogP contribution in [0.25, 0.3) is 0 Å². The molecule has 0 heterocycles. The van der Waals surface area contributed by atoms with Crippen molar-refractivity contribution in [3.8, 4) is 0 Å². The molecule has 0 spiro atoms. The third kappa shape index (κ3) is 3.63. The summed E-state index contributed by atoms with van der Waals surface area (Å²) < 4.78 is 3.39. The molecule has 0 aliphatic heterocycles. The third-order valence-corrected chi connectivity index (χ3v) is 0.258. The van der Waals surface area contributed by atoms with Crippen LogP contribution in [-0.2, 0) is 4.62 Å². The van der Waals surface area contributed by atoms with E-state index in [9.17, 15) is 0 Å². The average molecular weight is 95.0 g/mol. The fraction of sp³-hybridized carbons (Fsp3) is 0. The Kier molecular flexibility index (Phi) is 1.76. The van der Waals surface area contributed by atoms with Crippen molar-refractivity contribution in [1.29, 1.82) is 0 Å². The lowest BCUT2D eigenvalue weighted by Gasteiger charge is -1.74. The topological polar surface area (TPSA) is 52.4 Å². The lowest BCUT2D eigenvalue weighted by molar-refractivity contribution is -0.709. The average Bonchev–Trinajstić information content (AvgIpc) is 1.38. The van der Waals surface area contributed by atoms with Gasteiger partial charge in [-0.1, -0.05) is 0 Å². The van der Waals surface area contributed by atoms with Crippen LogP contribution in [0, 0.1) is 10.1 Å². The van der Waals surface area contributed by atoms with Crippen molar-refractivity contribution in [1.82, 2.24) is 0 Å². The van der Waals surface area contributed by atoms with E-state index < -0.39 is 5.09 Å². The number of hydrogen-bond donors (Lipinski definition) is 0. The van der Waals surface area contributed by atoms with Crippen molar-refractivity contribution in [2.75, 3.05) is 0 Å². The zero-order chi connectivity index (χ0) is 4.28. The normalized spacial score (nSPS) is 6.60. The molecule has 0 N–H and O–H groups in total. The Morgan fingerprint density at radius 3 is 2.20 bits per heavy atom. The van der Waals surface area contributed by atoms with E-state index in [2.05, 4.69) is 4.62 Å². The number of rotatable bonds is 1. The fourth-order valence-corrected chi connectivity index (χ4v) is 0. The number of hydrogen-bond acceptors (Lipinski definition) is 3. The zero-order valence-electron chi connectivity index (χ0n) is 2.25. The highest BCUT2D eigenvalue weighted by Crippen LogP contribution is 1.79. The smallest absolute Gasteiger partial charge is 0.297 e. The summed E-state index contributed by atoms with van der Waals surface area (Å²) in [6.45, 7) is 0. The van der Waals surface area contributed by atoms with Gasteiger partial charge in [-0.05, 0) is 0 Å². The molecule has 0 rings (SSSR count). The summed E-state index contributed by atoms with van der Waals surface area (Å²) >= 11 is 0. The summed E-state index contributed by atoms with van der Waals surface area (Å²) in [5.41, 5.74) is 0. The Morgan fingerprint density at radius 2 is 2.20 bits per heavy atom. The van der Waals surface area contributed by atoms with E-state index in [0.29, 0.717) is 0 Å². The summed E-state index contributed by atoms with van der Waals surface area (Å²) in [7, 11) is 1.50. The van der Waals surface area contributed by atoms with Crippen molar-refractivity contribution in [3.05, 3.63) is 10.1 Å². The molecular formula is H2NO3P. The van der Waals surface area contributed by atoms with E-state index >= 15 is 0 Å². The quantitative estimate of drug-likeness (QED) is 0.261. The SMILES string of the molecule is O=[N+]([O-])OP. The Bertz CT molecular complexity index is 42.2. The molecule has 0 aromatic carbocycles. The Labute approximate surface area is 30.5 Å². The molecule has 0 amide bonds. The van der Waals surface area contributed by atoms with Gasteiger partial charge in [0, 0.05) is 0 Å². The molecule has 4 nitrogen and oxygen atoms in total. The molecule has 0 bridgehead atoms. The molecule has 0 radical (unpaired) electrons. The Hall–Kier alpha value is -0.370. The number of nitrogens with zero attached hydrogens (tertiary/aromatic N) is 1. The van der Waals surface area contributed by atoms with E-state index in [-0.39, 0.29) is 0 Å². The van der Waals surface area contributed by atoms with Crippen LogP contribution >= 0.6 is 9.47 Å². The minimum atomic E-state index is -0.912. The fourth-order valence-electron chi connectivity index (χ4n) is 0. The first-order valence-electron chi connectivity index (χ1n) is 0.783. The maximum Gasteiger partial charge on any atom is 0.297 e. The van der Waals surface area contributed by atoms with Crippen LogP contribution in [0.4, 0.5) is 0 Å². The molecule has 0 aromatic rings. The van der Waals surface area contributed by atoms with Gasteiger partial charge in [-0.15, -0.1) is 10.1 Å². The predicted molar refractivity (Wildman–Crippen MR) is 17.8 cm³/mol. The third-order valence-electron chi connectivity index (χ3n) is 0.0861. The van der Waals surface area contributed by atoms with Gasteiger partial charge in [-0.25, -0.2) is 0 Å². The van der Waals surface area contributed by atoms with Gasteiger partial charge in [0.2, 0.25) is 0 Å². The molecular weight excluding hydrogens is 93.0 g/mol. The largest absolute Gasteiger partial charge is 0.301 e. The highest BCUT2D eigenvalue weighted by molar-refractivity contribution is 7.09. The van der Waals surface area contributed by atoms with Gasteiger partial charge in [-0.3, -0.25) is 0 Å². The second-order valence-corrected chi connectivity index (χ2v) is 0.540. The molecule has 1 atom stereocenters. The minimum absolute atomic E-state index is 0.912. The van der Waals surface area contributed by atoms with E-state index in [1.807, 2.05) is 0 Å². The first-order chi connectivity index (χ1) is 2.27. The lowest BCUT2D eigenvalue weighted by Crippen LogP contribution is -1.85. The summed E-state index contributed by atoms with van der Waals surface area (Å²) in [5, 5.41) is 8.02. The molecule has 0 aromatic heterocycles. The first kappa shape index (κ1) is 4.63. The van der Waals surface area contributed by atoms with Gasteiger partial charge < -0.3 is 4.62 Å². The molecule has 0 saturated carbocycles. The van der Waals surface area contributed by atoms with Gasteiger partial charge >= 0.3 is 0 Å². The molecule has 0 aliphatic carbocycles. The lowest BCUT2D eigenvalue weighted by atomic mass is 13.1. The first-order valence-corrected chi connectivity index (χ1v) is 1.25. The Morgan fingerprint density at radius 1 is 2.00 bits per heavy atom. The molecule has 1 unspecified atom stereocenters. The maximum atomic E-state index is 8.93. The van der Waals surface area contributed by atoms with Gasteiger partial charge in [-0.2, -0.15) is 0 Å². The molecule has 0 saturated heterocycles. The predicted octanol–water partition coefficient (Wildman–Crippen LogP) is -0.0152. The van der Waals surface area contributed by atoms with Crippen LogP contribution in [0.15, 0.2) is 0 Å². The highest BCUT2D eigenvalue weighted by atomic mass is 31.0. The molecule has 5 heteroatoms. The minimum Gasteiger partial charge on any atom is -0.301 e. The van der Waals surface area contributed by atoms with Crippen molar-refractivity contribution >= 4 is 9.47 Å². The van der Waals surface area contributed by atoms with Crippen LogP contribution in [-0.4, -0.2) is 5.09 Å². The van der Waals surface area contributed by atoms with Gasteiger partial charge in [0.1, 0.15) is 0 Å². The summed E-state index contributed by atoms with van der Waals surface area (Å²) in [6.07, 6.45) is 0. The van der Waals surface area contributed by atoms with Crippen LogP contribution < -0.4 is 0 Å². The van der Waals surface area contributed by atoms with Crippen molar-refractivity contribution < 1.29 is 9.71 Å². The monoisotopic (exact) mass is 95.0 g/mol. The zero-order valence-corrected chi connectivity index (χ0v) is 3.40.